The first-order valence-electron chi connectivity index (χ1n) is 6.96. The molecular weight excluding hydrogens is 289 g/mol. The first-order chi connectivity index (χ1) is 10.5. The zero-order valence-corrected chi connectivity index (χ0v) is 11.7. The topological polar surface area (TPSA) is 17.1 Å². The van der Waals surface area contributed by atoms with Crippen molar-refractivity contribution in [2.75, 3.05) is 0 Å². The summed E-state index contributed by atoms with van der Waals surface area (Å²) in [5.41, 5.74) is 1.29. The Labute approximate surface area is 126 Å². The number of carbonyl (C=O) groups excluding carboxylic acids is 1. The molecule has 0 aliphatic heterocycles. The van der Waals surface area contributed by atoms with Gasteiger partial charge in [0.25, 0.3) is 0 Å². The third-order valence-electron chi connectivity index (χ3n) is 3.81. The minimum absolute atomic E-state index is 0.0396. The van der Waals surface area contributed by atoms with E-state index in [1.54, 1.807) is 18.2 Å². The second-order valence-electron chi connectivity index (χ2n) is 5.24. The van der Waals surface area contributed by atoms with Crippen LogP contribution >= 0.6 is 0 Å². The van der Waals surface area contributed by atoms with Gasteiger partial charge in [0, 0.05) is 11.1 Å². The van der Waals surface area contributed by atoms with Gasteiger partial charge in [0.05, 0.1) is 5.56 Å². The summed E-state index contributed by atoms with van der Waals surface area (Å²) in [5.74, 6) is -0.182. The molecule has 0 saturated carbocycles. The lowest BCUT2D eigenvalue weighted by atomic mass is 9.85. The van der Waals surface area contributed by atoms with Gasteiger partial charge in [0.2, 0.25) is 0 Å². The predicted octanol–water partition coefficient (Wildman–Crippen LogP) is 4.92. The Kier molecular flexibility index (Phi) is 3.61. The number of benzene rings is 2. The Morgan fingerprint density at radius 1 is 0.909 bits per heavy atom. The Morgan fingerprint density at radius 3 is 2.36 bits per heavy atom. The van der Waals surface area contributed by atoms with Crippen molar-refractivity contribution in [3.05, 3.63) is 76.4 Å². The van der Waals surface area contributed by atoms with Crippen LogP contribution in [0.3, 0.4) is 0 Å². The van der Waals surface area contributed by atoms with Crippen molar-refractivity contribution < 1.29 is 18.0 Å². The zero-order chi connectivity index (χ0) is 15.7. The first kappa shape index (κ1) is 14.6. The fourth-order valence-electron chi connectivity index (χ4n) is 2.72. The fraction of sp³-hybridized carbons (Fsp3) is 0.167. The molecule has 0 unspecified atom stereocenters. The molecule has 4 heteroatoms. The van der Waals surface area contributed by atoms with Crippen LogP contribution in [0.4, 0.5) is 13.2 Å². The molecule has 1 aliphatic carbocycles. The highest BCUT2D eigenvalue weighted by Gasteiger charge is 2.33. The van der Waals surface area contributed by atoms with E-state index in [-0.39, 0.29) is 11.3 Å². The Balaban J connectivity index is 2.03. The van der Waals surface area contributed by atoms with Crippen molar-refractivity contribution in [1.29, 1.82) is 0 Å². The van der Waals surface area contributed by atoms with Crippen LogP contribution in [-0.4, -0.2) is 5.78 Å². The molecule has 0 N–H and O–H groups in total. The van der Waals surface area contributed by atoms with Crippen molar-refractivity contribution in [2.45, 2.75) is 19.0 Å². The number of Topliss-reactive ketones (excluding diaryl/α,β-unsaturated/α-hetero) is 1. The Bertz CT molecular complexity index is 757. The lowest BCUT2D eigenvalue weighted by molar-refractivity contribution is -0.137. The number of alkyl halides is 3. The van der Waals surface area contributed by atoms with Crippen LogP contribution in [-0.2, 0) is 12.6 Å². The number of aryl methyl sites for hydroxylation is 1. The molecule has 22 heavy (non-hydrogen) atoms. The molecule has 0 fully saturated rings. The lowest BCUT2D eigenvalue weighted by Crippen LogP contribution is -2.14. The molecule has 1 nitrogen and oxygen atoms in total. The number of fused-ring (bicyclic) bond motifs is 1. The van der Waals surface area contributed by atoms with Gasteiger partial charge in [0.1, 0.15) is 0 Å². The normalized spacial score (nSPS) is 16.7. The minimum Gasteiger partial charge on any atom is -0.289 e. The number of ketones is 1. The highest BCUT2D eigenvalue weighted by molar-refractivity contribution is 6.13. The van der Waals surface area contributed by atoms with Gasteiger partial charge in [-0.3, -0.25) is 4.79 Å². The number of allylic oxidation sites excluding steroid dienone is 1. The van der Waals surface area contributed by atoms with Gasteiger partial charge >= 0.3 is 6.18 Å². The maximum atomic E-state index is 13.0. The second kappa shape index (κ2) is 5.44. The van der Waals surface area contributed by atoms with Gasteiger partial charge in [0.15, 0.2) is 5.78 Å². The summed E-state index contributed by atoms with van der Waals surface area (Å²) in [6.07, 6.45) is -1.92. The molecule has 112 valence electrons. The van der Waals surface area contributed by atoms with Gasteiger partial charge in [-0.1, -0.05) is 42.5 Å². The van der Waals surface area contributed by atoms with E-state index in [2.05, 4.69) is 0 Å². The van der Waals surface area contributed by atoms with Gasteiger partial charge in [-0.05, 0) is 36.1 Å². The summed E-state index contributed by atoms with van der Waals surface area (Å²) in [7, 11) is 0. The average Bonchev–Trinajstić information content (AvgIpc) is 2.50. The first-order valence-corrected chi connectivity index (χ1v) is 6.96. The molecule has 0 spiro atoms. The van der Waals surface area contributed by atoms with Crippen LogP contribution < -0.4 is 0 Å². The highest BCUT2D eigenvalue weighted by Crippen LogP contribution is 2.34. The van der Waals surface area contributed by atoms with E-state index in [0.717, 1.165) is 11.6 Å². The summed E-state index contributed by atoms with van der Waals surface area (Å²) >= 11 is 0. The van der Waals surface area contributed by atoms with Crippen LogP contribution in [0.1, 0.15) is 33.5 Å². The highest BCUT2D eigenvalue weighted by atomic mass is 19.4. The van der Waals surface area contributed by atoms with E-state index in [0.29, 0.717) is 24.0 Å². The van der Waals surface area contributed by atoms with E-state index in [1.807, 2.05) is 12.1 Å². The smallest absolute Gasteiger partial charge is 0.289 e. The van der Waals surface area contributed by atoms with Crippen LogP contribution in [0.2, 0.25) is 0 Å². The SMILES string of the molecule is O=C1/C(=C\c2ccccc2C(F)(F)F)CCc2ccccc21. The van der Waals surface area contributed by atoms with Crippen molar-refractivity contribution >= 4 is 11.9 Å². The summed E-state index contributed by atoms with van der Waals surface area (Å²) in [6.45, 7) is 0. The third-order valence-corrected chi connectivity index (χ3v) is 3.81. The summed E-state index contributed by atoms with van der Waals surface area (Å²) < 4.78 is 39.1. The maximum absolute atomic E-state index is 13.0. The van der Waals surface area contributed by atoms with Gasteiger partial charge in [-0.15, -0.1) is 0 Å². The van der Waals surface area contributed by atoms with Crippen LogP contribution in [0.25, 0.3) is 6.08 Å². The van der Waals surface area contributed by atoms with Crippen molar-refractivity contribution in [3.63, 3.8) is 0 Å². The molecule has 2 aromatic carbocycles. The van der Waals surface area contributed by atoms with Crippen LogP contribution in [0.15, 0.2) is 54.1 Å². The number of hydrogen-bond donors (Lipinski definition) is 0. The number of halogens is 3. The number of rotatable bonds is 1. The van der Waals surface area contributed by atoms with Crippen molar-refractivity contribution in [3.8, 4) is 0 Å². The van der Waals surface area contributed by atoms with Crippen LogP contribution in [0, 0.1) is 0 Å². The monoisotopic (exact) mass is 302 g/mol. The van der Waals surface area contributed by atoms with E-state index in [4.69, 9.17) is 0 Å². The quantitative estimate of drug-likeness (QED) is 0.683. The maximum Gasteiger partial charge on any atom is 0.416 e. The van der Waals surface area contributed by atoms with E-state index >= 15 is 0 Å². The molecule has 0 aromatic heterocycles. The average molecular weight is 302 g/mol. The van der Waals surface area contributed by atoms with Gasteiger partial charge < -0.3 is 0 Å². The van der Waals surface area contributed by atoms with Crippen molar-refractivity contribution in [1.82, 2.24) is 0 Å². The molecule has 0 atom stereocenters. The Hall–Kier alpha value is -2.36. The number of hydrogen-bond acceptors (Lipinski definition) is 1. The van der Waals surface area contributed by atoms with E-state index in [9.17, 15) is 18.0 Å². The van der Waals surface area contributed by atoms with Crippen LogP contribution in [0.5, 0.6) is 0 Å². The molecule has 0 saturated heterocycles. The fourth-order valence-corrected chi connectivity index (χ4v) is 2.72. The third kappa shape index (κ3) is 2.69. The number of carbonyl (C=O) groups is 1. The molecule has 0 amide bonds. The summed E-state index contributed by atoms with van der Waals surface area (Å²) in [5, 5.41) is 0. The second-order valence-corrected chi connectivity index (χ2v) is 5.24. The molecule has 0 heterocycles. The predicted molar refractivity (Wildman–Crippen MR) is 78.5 cm³/mol. The van der Waals surface area contributed by atoms with Gasteiger partial charge in [-0.25, -0.2) is 0 Å². The van der Waals surface area contributed by atoms with Gasteiger partial charge in [-0.2, -0.15) is 13.2 Å². The zero-order valence-electron chi connectivity index (χ0n) is 11.7. The largest absolute Gasteiger partial charge is 0.416 e. The summed E-state index contributed by atoms with van der Waals surface area (Å²) in [4.78, 5) is 12.4. The molecular formula is C18H13F3O. The minimum atomic E-state index is -4.43. The Morgan fingerprint density at radius 2 is 1.59 bits per heavy atom. The standard InChI is InChI=1S/C18H13F3O/c19-18(20,21)16-8-4-2-6-13(16)11-14-10-9-12-5-1-3-7-15(12)17(14)22/h1-8,11H,9-10H2/b14-11-. The molecule has 0 bridgehead atoms. The summed E-state index contributed by atoms with van der Waals surface area (Å²) in [6, 6.07) is 12.6. The molecule has 3 rings (SSSR count). The lowest BCUT2D eigenvalue weighted by Gasteiger charge is -2.18. The van der Waals surface area contributed by atoms with Crippen molar-refractivity contribution in [2.24, 2.45) is 0 Å². The molecule has 1 aliphatic rings. The van der Waals surface area contributed by atoms with E-state index < -0.39 is 11.7 Å². The molecule has 0 radical (unpaired) electrons. The molecule has 2 aromatic rings. The van der Waals surface area contributed by atoms with E-state index in [1.165, 1.54) is 18.2 Å².